The molecule has 166 valence electrons. The zero-order valence-electron chi connectivity index (χ0n) is 17.0. The number of hydrogen-bond donors (Lipinski definition) is 2. The van der Waals surface area contributed by atoms with Crippen LogP contribution in [-0.2, 0) is 11.3 Å². The summed E-state index contributed by atoms with van der Waals surface area (Å²) in [5.74, 6) is 0.658. The fraction of sp³-hybridized carbons (Fsp3) is 0.800. The van der Waals surface area contributed by atoms with Gasteiger partial charge in [-0.2, -0.15) is 5.10 Å². The van der Waals surface area contributed by atoms with Gasteiger partial charge in [0, 0.05) is 56.6 Å². The van der Waals surface area contributed by atoms with E-state index in [9.17, 15) is 9.90 Å². The van der Waals surface area contributed by atoms with E-state index in [-0.39, 0.29) is 36.8 Å². The molecule has 1 aromatic heterocycles. The van der Waals surface area contributed by atoms with Crippen LogP contribution in [0, 0.1) is 0 Å². The largest absolute Gasteiger partial charge is 0.393 e. The molecule has 1 aromatic rings. The third-order valence-corrected chi connectivity index (χ3v) is 6.58. The molecule has 3 fully saturated rings. The van der Waals surface area contributed by atoms with E-state index in [2.05, 4.69) is 21.4 Å². The third kappa shape index (κ3) is 6.07. The van der Waals surface area contributed by atoms with Crippen molar-refractivity contribution < 1.29 is 9.90 Å². The van der Waals surface area contributed by atoms with Crippen LogP contribution in [0.2, 0.25) is 0 Å². The highest BCUT2D eigenvalue weighted by Gasteiger charge is 2.29. The molecular formula is C20H35Cl2N5O2. The molecule has 0 saturated carbocycles. The number of likely N-dealkylation sites (tertiary alicyclic amines) is 2. The van der Waals surface area contributed by atoms with Gasteiger partial charge in [0.25, 0.3) is 0 Å². The van der Waals surface area contributed by atoms with E-state index >= 15 is 0 Å². The summed E-state index contributed by atoms with van der Waals surface area (Å²) < 4.78 is 1.91. The van der Waals surface area contributed by atoms with E-state index in [1.165, 1.54) is 18.5 Å². The number of carbonyl (C=O) groups excluding carboxylic acids is 1. The number of halogens is 2. The molecule has 4 heterocycles. The molecule has 3 aliphatic rings. The Kier molecular flexibility index (Phi) is 9.69. The van der Waals surface area contributed by atoms with Crippen molar-refractivity contribution in [2.24, 2.45) is 0 Å². The standard InChI is InChI=1S/C20H33N5O2.2ClH/c26-18-6-12-23(13-7-18)17-4-10-24(11-5-17)20(27)15-25-19(3-9-22-25)16-2-1-8-21-14-16;;/h3,9,16-18,21,26H,1-2,4-8,10-15H2;2*1H. The van der Waals surface area contributed by atoms with E-state index < -0.39 is 0 Å². The molecule has 1 atom stereocenters. The number of aliphatic hydroxyl groups excluding tert-OH is 1. The predicted octanol–water partition coefficient (Wildman–Crippen LogP) is 1.64. The molecule has 0 radical (unpaired) electrons. The Hall–Kier alpha value is -0.860. The Morgan fingerprint density at radius 1 is 1.10 bits per heavy atom. The fourth-order valence-electron chi connectivity index (χ4n) is 4.89. The van der Waals surface area contributed by atoms with Gasteiger partial charge in [0.15, 0.2) is 0 Å². The number of piperidine rings is 3. The van der Waals surface area contributed by atoms with Crippen molar-refractivity contribution >= 4 is 30.7 Å². The van der Waals surface area contributed by atoms with Gasteiger partial charge in [-0.1, -0.05) is 0 Å². The van der Waals surface area contributed by atoms with Gasteiger partial charge in [-0.15, -0.1) is 24.8 Å². The second kappa shape index (κ2) is 11.5. The lowest BCUT2D eigenvalue weighted by Gasteiger charge is -2.41. The average Bonchev–Trinajstić information content (AvgIpc) is 3.17. The van der Waals surface area contributed by atoms with Gasteiger partial charge in [0.05, 0.1) is 6.10 Å². The van der Waals surface area contributed by atoms with Crippen molar-refractivity contribution in [2.75, 3.05) is 39.3 Å². The van der Waals surface area contributed by atoms with E-state index in [0.717, 1.165) is 65.0 Å². The monoisotopic (exact) mass is 447 g/mol. The Bertz CT molecular complexity index is 622. The minimum absolute atomic E-state index is 0. The van der Waals surface area contributed by atoms with Crippen LogP contribution in [0.15, 0.2) is 12.3 Å². The molecule has 1 unspecified atom stereocenters. The van der Waals surface area contributed by atoms with Crippen LogP contribution in [0.25, 0.3) is 0 Å². The predicted molar refractivity (Wildman–Crippen MR) is 118 cm³/mol. The number of hydrogen-bond acceptors (Lipinski definition) is 5. The maximum Gasteiger partial charge on any atom is 0.244 e. The first-order valence-corrected chi connectivity index (χ1v) is 10.6. The van der Waals surface area contributed by atoms with Gasteiger partial charge >= 0.3 is 0 Å². The van der Waals surface area contributed by atoms with Crippen LogP contribution in [-0.4, -0.2) is 82.0 Å². The molecule has 0 spiro atoms. The van der Waals surface area contributed by atoms with Gasteiger partial charge in [-0.3, -0.25) is 9.48 Å². The molecule has 3 aliphatic heterocycles. The van der Waals surface area contributed by atoms with Gasteiger partial charge in [-0.25, -0.2) is 0 Å². The zero-order chi connectivity index (χ0) is 18.6. The molecule has 0 bridgehead atoms. The van der Waals surface area contributed by atoms with Crippen LogP contribution in [0.3, 0.4) is 0 Å². The topological polar surface area (TPSA) is 73.6 Å². The van der Waals surface area contributed by atoms with Gasteiger partial charge < -0.3 is 20.2 Å². The maximum absolute atomic E-state index is 12.8. The molecule has 9 heteroatoms. The molecule has 1 amide bonds. The van der Waals surface area contributed by atoms with E-state index in [0.29, 0.717) is 18.5 Å². The first-order valence-electron chi connectivity index (χ1n) is 10.6. The van der Waals surface area contributed by atoms with Crippen LogP contribution < -0.4 is 5.32 Å². The van der Waals surface area contributed by atoms with Gasteiger partial charge in [0.1, 0.15) is 6.54 Å². The van der Waals surface area contributed by atoms with Gasteiger partial charge in [0.2, 0.25) is 5.91 Å². The van der Waals surface area contributed by atoms with E-state index in [4.69, 9.17) is 0 Å². The Morgan fingerprint density at radius 3 is 2.48 bits per heavy atom. The number of nitrogens with zero attached hydrogens (tertiary/aromatic N) is 4. The van der Waals surface area contributed by atoms with Crippen molar-refractivity contribution in [2.45, 2.75) is 63.1 Å². The highest BCUT2D eigenvalue weighted by atomic mass is 35.5. The number of amides is 1. The molecule has 0 aromatic carbocycles. The van der Waals surface area contributed by atoms with E-state index in [1.807, 2.05) is 15.8 Å². The van der Waals surface area contributed by atoms with E-state index in [1.54, 1.807) is 0 Å². The fourth-order valence-corrected chi connectivity index (χ4v) is 4.89. The second-order valence-electron chi connectivity index (χ2n) is 8.34. The summed E-state index contributed by atoms with van der Waals surface area (Å²) in [5, 5.41) is 17.6. The normalized spacial score (nSPS) is 24.6. The number of aromatic nitrogens is 2. The smallest absolute Gasteiger partial charge is 0.244 e. The van der Waals surface area contributed by atoms with Crippen molar-refractivity contribution in [1.82, 2.24) is 24.9 Å². The average molecular weight is 448 g/mol. The quantitative estimate of drug-likeness (QED) is 0.733. The lowest BCUT2D eigenvalue weighted by Crippen LogP contribution is -2.50. The SMILES string of the molecule is Cl.Cl.O=C(Cn1nccc1C1CCCNC1)N1CCC(N2CCC(O)CC2)CC1. The summed E-state index contributed by atoms with van der Waals surface area (Å²) in [6.07, 6.45) is 7.92. The van der Waals surface area contributed by atoms with Crippen LogP contribution in [0.1, 0.15) is 50.1 Å². The summed E-state index contributed by atoms with van der Waals surface area (Å²) in [5.41, 5.74) is 1.19. The van der Waals surface area contributed by atoms with Crippen LogP contribution in [0.5, 0.6) is 0 Å². The van der Waals surface area contributed by atoms with Crippen molar-refractivity contribution in [3.8, 4) is 0 Å². The minimum atomic E-state index is -0.120. The molecule has 7 nitrogen and oxygen atoms in total. The number of carbonyl (C=O) groups is 1. The summed E-state index contributed by atoms with van der Waals surface area (Å²) in [6.45, 7) is 6.09. The summed E-state index contributed by atoms with van der Waals surface area (Å²) in [4.78, 5) is 17.4. The third-order valence-electron chi connectivity index (χ3n) is 6.58. The molecule has 0 aliphatic carbocycles. The molecule has 2 N–H and O–H groups in total. The summed E-state index contributed by atoms with van der Waals surface area (Å²) in [6, 6.07) is 2.64. The maximum atomic E-state index is 12.8. The highest BCUT2D eigenvalue weighted by Crippen LogP contribution is 2.24. The summed E-state index contributed by atoms with van der Waals surface area (Å²) >= 11 is 0. The second-order valence-corrected chi connectivity index (χ2v) is 8.34. The Morgan fingerprint density at radius 2 is 1.83 bits per heavy atom. The van der Waals surface area contributed by atoms with Crippen molar-refractivity contribution in [1.29, 1.82) is 0 Å². The first-order chi connectivity index (χ1) is 13.2. The molecule has 3 saturated heterocycles. The van der Waals surface area contributed by atoms with Crippen LogP contribution in [0.4, 0.5) is 0 Å². The lowest BCUT2D eigenvalue weighted by atomic mass is 9.96. The van der Waals surface area contributed by atoms with Crippen LogP contribution >= 0.6 is 24.8 Å². The molecule has 4 rings (SSSR count). The lowest BCUT2D eigenvalue weighted by molar-refractivity contribution is -0.133. The van der Waals surface area contributed by atoms with Crippen molar-refractivity contribution in [3.05, 3.63) is 18.0 Å². The zero-order valence-corrected chi connectivity index (χ0v) is 18.7. The minimum Gasteiger partial charge on any atom is -0.393 e. The first kappa shape index (κ1) is 24.4. The van der Waals surface area contributed by atoms with Crippen molar-refractivity contribution in [3.63, 3.8) is 0 Å². The number of aliphatic hydroxyl groups is 1. The Balaban J connectivity index is 0.00000150. The number of rotatable bonds is 4. The van der Waals surface area contributed by atoms with Gasteiger partial charge in [-0.05, 0) is 51.1 Å². The summed E-state index contributed by atoms with van der Waals surface area (Å²) in [7, 11) is 0. The Labute approximate surface area is 186 Å². The molecule has 29 heavy (non-hydrogen) atoms. The molecular weight excluding hydrogens is 413 g/mol. The number of nitrogens with one attached hydrogen (secondary N) is 1. The highest BCUT2D eigenvalue weighted by molar-refractivity contribution is 5.85.